The van der Waals surface area contributed by atoms with Gasteiger partial charge >= 0.3 is 24.1 Å². The number of hydrogen-bond donors (Lipinski definition) is 9. The molecule has 3 aromatic rings. The van der Waals surface area contributed by atoms with Gasteiger partial charge in [0.2, 0.25) is 23.6 Å². The van der Waals surface area contributed by atoms with Gasteiger partial charge < -0.3 is 57.5 Å². The number of likely N-dealkylation sites (N-methyl/N-ethyl adjacent to an activating group) is 1. The van der Waals surface area contributed by atoms with Crippen LogP contribution in [0.2, 0.25) is 0 Å². The van der Waals surface area contributed by atoms with E-state index in [1.807, 2.05) is 39.6 Å². The highest BCUT2D eigenvalue weighted by atomic mass is 32.1. The number of ether oxygens (including phenoxy) is 2. The molecule has 1 saturated heterocycles. The number of benzene rings is 2. The van der Waals surface area contributed by atoms with Crippen LogP contribution in [0.3, 0.4) is 0 Å². The van der Waals surface area contributed by atoms with Crippen LogP contribution in [0, 0.1) is 35.5 Å². The molecular formula is C63H93N11O12S. The monoisotopic (exact) mass is 1230 g/mol. The van der Waals surface area contributed by atoms with E-state index >= 15 is 4.79 Å². The molecular weight excluding hydrogens is 1130 g/mol. The van der Waals surface area contributed by atoms with Gasteiger partial charge in [-0.25, -0.2) is 14.6 Å². The van der Waals surface area contributed by atoms with Gasteiger partial charge in [-0.2, -0.15) is 0 Å². The summed E-state index contributed by atoms with van der Waals surface area (Å²) < 4.78 is 11.4. The zero-order chi connectivity index (χ0) is 64.5. The van der Waals surface area contributed by atoms with Crippen molar-refractivity contribution in [2.24, 2.45) is 34.6 Å². The van der Waals surface area contributed by atoms with Gasteiger partial charge in [-0.3, -0.25) is 43.8 Å². The highest BCUT2D eigenvalue weighted by Gasteiger charge is 2.39. The van der Waals surface area contributed by atoms with Crippen molar-refractivity contribution in [2.45, 2.75) is 188 Å². The molecule has 0 saturated carbocycles. The predicted octanol–water partition coefficient (Wildman–Crippen LogP) is 7.26. The Bertz CT molecular complexity index is 2820. The zero-order valence-electron chi connectivity index (χ0n) is 52.2. The van der Waals surface area contributed by atoms with Gasteiger partial charge in [-0.15, -0.1) is 23.7 Å². The van der Waals surface area contributed by atoms with Gasteiger partial charge in [0.15, 0.2) is 6.10 Å². The lowest BCUT2D eigenvalue weighted by Crippen LogP contribution is -2.59. The van der Waals surface area contributed by atoms with Crippen LogP contribution >= 0.6 is 11.3 Å². The number of unbranched alkanes of at least 4 members (excludes halogenated alkanes) is 2. The molecule has 23 nitrogen and oxygen atoms in total. The molecule has 0 aliphatic carbocycles. The fourth-order valence-corrected chi connectivity index (χ4v) is 10.9. The number of carboxylic acid groups (broad SMARTS) is 1. The molecule has 0 spiro atoms. The third-order valence-electron chi connectivity index (χ3n) is 15.6. The van der Waals surface area contributed by atoms with E-state index in [0.717, 1.165) is 30.7 Å². The smallest absolute Gasteiger partial charge is 0.411 e. The number of carbonyl (C=O) groups is 9. The van der Waals surface area contributed by atoms with Crippen LogP contribution in [0.1, 0.15) is 166 Å². The largest absolute Gasteiger partial charge is 0.481 e. The number of nitrogens with zero attached hydrogens (tertiary/aromatic N) is 3. The Morgan fingerprint density at radius 1 is 0.885 bits per heavy atom. The number of nitrogens with two attached hydrogens (primary N) is 2. The van der Waals surface area contributed by atoms with E-state index in [0.29, 0.717) is 72.6 Å². The molecule has 8 amide bonds. The molecule has 4 rings (SSSR count). The molecule has 8 atom stereocenters. The van der Waals surface area contributed by atoms with Gasteiger partial charge in [-0.1, -0.05) is 78.6 Å². The lowest BCUT2D eigenvalue weighted by molar-refractivity contribution is -0.150. The highest BCUT2D eigenvalue weighted by Crippen LogP contribution is 2.33. The predicted molar refractivity (Wildman–Crippen MR) is 334 cm³/mol. The summed E-state index contributed by atoms with van der Waals surface area (Å²) in [5.41, 5.74) is 12.0. The van der Waals surface area contributed by atoms with Crippen LogP contribution in [0.25, 0.3) is 0 Å². The first-order chi connectivity index (χ1) is 41.1. The van der Waals surface area contributed by atoms with Crippen LogP contribution in [0.5, 0.6) is 0 Å². The summed E-state index contributed by atoms with van der Waals surface area (Å²) in [7, 11) is 1.93. The summed E-state index contributed by atoms with van der Waals surface area (Å²) in [6, 6.07) is 8.41. The van der Waals surface area contributed by atoms with E-state index in [9.17, 15) is 43.5 Å². The molecule has 0 bridgehead atoms. The van der Waals surface area contributed by atoms with Crippen LogP contribution in [0.15, 0.2) is 53.9 Å². The Labute approximate surface area is 516 Å². The minimum Gasteiger partial charge on any atom is -0.481 e. The van der Waals surface area contributed by atoms with Crippen molar-refractivity contribution in [1.29, 1.82) is 0 Å². The fraction of sp³-hybridized carbons (Fsp3) is 0.587. The number of aromatic nitrogens is 1. The summed E-state index contributed by atoms with van der Waals surface area (Å²) >= 11 is 1.12. The van der Waals surface area contributed by atoms with Crippen molar-refractivity contribution in [3.8, 4) is 12.3 Å². The van der Waals surface area contributed by atoms with E-state index < -0.39 is 83.5 Å². The van der Waals surface area contributed by atoms with Crippen molar-refractivity contribution in [1.82, 2.24) is 36.1 Å². The first kappa shape index (κ1) is 71.9. The quantitative estimate of drug-likeness (QED) is 0.0161. The van der Waals surface area contributed by atoms with E-state index in [4.69, 9.17) is 27.4 Å². The SMILES string of the molecule is C#CCCCCN(C(=O)[C@@H](NC(=O)[C@H]1CCCCN1C)[C@@H](C)CC)[C@H](C[C@@H](OC(C)=O)c1nc(C(=O)N[C@@H](Cc2ccc(NC(=O)OCc3ccc(NC(=O)[C@H](CCCNC(N)=O)NC(=O)[C@@H](N)C(C)C)cc3)cc2)CC(C)(C)C(=O)O)cs1)C(C)C. The Hall–Kier alpha value is -7.62. The maximum Gasteiger partial charge on any atom is 0.411 e. The molecule has 2 aromatic carbocycles. The number of esters is 1. The average molecular weight is 1230 g/mol. The second kappa shape index (κ2) is 35.3. The maximum atomic E-state index is 15.0. The van der Waals surface area contributed by atoms with Crippen LogP contribution in [-0.2, 0) is 51.3 Å². The molecule has 11 N–H and O–H groups in total. The van der Waals surface area contributed by atoms with Crippen molar-refractivity contribution in [3.63, 3.8) is 0 Å². The van der Waals surface area contributed by atoms with E-state index in [-0.39, 0.29) is 80.1 Å². The number of carboxylic acids is 1. The Morgan fingerprint density at radius 2 is 1.54 bits per heavy atom. The number of nitrogens with one attached hydrogen (secondary N) is 6. The molecule has 0 radical (unpaired) electrons. The number of aliphatic carboxylic acids is 1. The zero-order valence-corrected chi connectivity index (χ0v) is 53.0. The number of hydrogen-bond acceptors (Lipinski definition) is 15. The van der Waals surface area contributed by atoms with Gasteiger partial charge in [0.1, 0.15) is 29.4 Å². The minimum absolute atomic E-state index is 0.0181. The van der Waals surface area contributed by atoms with Gasteiger partial charge in [0.05, 0.1) is 17.5 Å². The number of rotatable bonds is 34. The molecule has 478 valence electrons. The van der Waals surface area contributed by atoms with Crippen molar-refractivity contribution in [2.75, 3.05) is 37.3 Å². The van der Waals surface area contributed by atoms with Crippen molar-refractivity contribution < 1.29 is 57.7 Å². The van der Waals surface area contributed by atoms with Crippen LogP contribution in [-0.4, -0.2) is 136 Å². The minimum atomic E-state index is -1.26. The Kier molecular flexibility index (Phi) is 29.1. The van der Waals surface area contributed by atoms with E-state index in [1.165, 1.54) is 6.92 Å². The molecule has 1 aliphatic rings. The lowest BCUT2D eigenvalue weighted by atomic mass is 9.84. The van der Waals surface area contributed by atoms with Crippen LogP contribution < -0.4 is 43.4 Å². The Balaban J connectivity index is 1.46. The fourth-order valence-electron chi connectivity index (χ4n) is 10.1. The Morgan fingerprint density at radius 3 is 2.13 bits per heavy atom. The number of amides is 8. The molecule has 87 heavy (non-hydrogen) atoms. The summed E-state index contributed by atoms with van der Waals surface area (Å²) in [5, 5.41) is 28.8. The number of thiazole rings is 1. The van der Waals surface area contributed by atoms with E-state index in [2.05, 4.69) is 42.8 Å². The number of primary amides is 1. The summed E-state index contributed by atoms with van der Waals surface area (Å²) in [4.78, 5) is 127. The number of terminal acetylenes is 1. The van der Waals surface area contributed by atoms with Crippen molar-refractivity contribution >= 4 is 76.3 Å². The standard InChI is InChI=1S/C63H93N11O12S/c1-12-14-15-17-32-74(59(80)53(40(7)13-2)72-56(78)49-21-16-18-31-73(49)11)50(38(3)4)34-51(86-41(8)75)58-71-48(37-87-58)55(77)68-46(35-63(9,10)60(81)82)33-42-22-26-45(27-23-42)69-62(84)85-36-43-24-28-44(29-25-43)67-54(76)47(20-19-30-66-61(65)83)70-57(79)52(64)39(5)6/h1,22-29,37-40,46-47,49-53H,13-21,30-36,64H2,2-11H3,(H,67,76)(H,68,77)(H,69,84)(H,70,79)(H,72,78)(H,81,82)(H3,65,66,83)/t40-,46-,47-,49+,50+,51+,52-,53-/m0/s1. The van der Waals surface area contributed by atoms with Gasteiger partial charge in [0, 0.05) is 61.7 Å². The van der Waals surface area contributed by atoms with Crippen molar-refractivity contribution in [3.05, 3.63) is 75.7 Å². The molecule has 0 unspecified atom stereocenters. The molecule has 1 fully saturated rings. The van der Waals surface area contributed by atoms with Gasteiger partial charge in [-0.05, 0) is 132 Å². The average Bonchev–Trinajstić information content (AvgIpc) is 3.41. The lowest BCUT2D eigenvalue weighted by Gasteiger charge is -2.40. The number of likely N-dealkylation sites (tertiary alicyclic amines) is 1. The first-order valence-electron chi connectivity index (χ1n) is 30.1. The van der Waals surface area contributed by atoms with Gasteiger partial charge in [0.25, 0.3) is 5.91 Å². The second-order valence-electron chi connectivity index (χ2n) is 23.9. The molecule has 24 heteroatoms. The van der Waals surface area contributed by atoms with Crippen LogP contribution in [0.4, 0.5) is 21.0 Å². The number of carbonyl (C=O) groups excluding carboxylic acids is 8. The molecule has 1 aromatic heterocycles. The first-order valence-corrected chi connectivity index (χ1v) is 31.0. The number of urea groups is 1. The van der Waals surface area contributed by atoms with E-state index in [1.54, 1.807) is 86.5 Å². The topological polar surface area (TPSA) is 336 Å². The maximum absolute atomic E-state index is 15.0. The molecule has 2 heterocycles. The summed E-state index contributed by atoms with van der Waals surface area (Å²) in [6.07, 6.45) is 9.82. The second-order valence-corrected chi connectivity index (χ2v) is 24.8. The highest BCUT2D eigenvalue weighted by molar-refractivity contribution is 7.09. The summed E-state index contributed by atoms with van der Waals surface area (Å²) in [5.74, 6) is -1.51. The molecule has 1 aliphatic heterocycles. The summed E-state index contributed by atoms with van der Waals surface area (Å²) in [6.45, 7) is 17.1. The number of anilines is 2. The third kappa shape index (κ3) is 23.5. The third-order valence-corrected chi connectivity index (χ3v) is 16.6. The normalized spacial score (nSPS) is 15.9. The number of piperidine rings is 1.